The van der Waals surface area contributed by atoms with Gasteiger partial charge in [-0.1, -0.05) is 36.7 Å². The Hall–Kier alpha value is -2.14. The molecule has 2 rings (SSSR count). The molecule has 6 heteroatoms. The number of halogens is 3. The molecule has 2 aromatic carbocycles. The van der Waals surface area contributed by atoms with E-state index >= 15 is 0 Å². The first-order chi connectivity index (χ1) is 10.5. The van der Waals surface area contributed by atoms with Gasteiger partial charge < -0.3 is 10.1 Å². The maximum atomic E-state index is 13.6. The molecule has 1 atom stereocenters. The molecule has 0 unspecified atom stereocenters. The Bertz CT molecular complexity index is 659. The lowest BCUT2D eigenvalue weighted by atomic mass is 10.2. The molecule has 0 spiro atoms. The molecule has 0 aliphatic rings. The summed E-state index contributed by atoms with van der Waals surface area (Å²) in [6.07, 6.45) is -0.605. The molecule has 1 N–H and O–H groups in total. The van der Waals surface area contributed by atoms with Crippen LogP contribution < -0.4 is 10.1 Å². The summed E-state index contributed by atoms with van der Waals surface area (Å²) in [6, 6.07) is 10.0. The van der Waals surface area contributed by atoms with E-state index in [1.54, 1.807) is 31.2 Å². The summed E-state index contributed by atoms with van der Waals surface area (Å²) in [5.41, 5.74) is -0.492. The molecule has 0 saturated heterocycles. The summed E-state index contributed by atoms with van der Waals surface area (Å²) in [7, 11) is 0. The summed E-state index contributed by atoms with van der Waals surface area (Å²) < 4.78 is 32.6. The zero-order valence-corrected chi connectivity index (χ0v) is 12.5. The molecular formula is C16H14ClF2NO2. The fraction of sp³-hybridized carbons (Fsp3) is 0.188. The van der Waals surface area contributed by atoms with Gasteiger partial charge in [-0.3, -0.25) is 4.79 Å². The Balaban J connectivity index is 2.14. The van der Waals surface area contributed by atoms with E-state index in [2.05, 4.69) is 5.32 Å². The first-order valence-corrected chi connectivity index (χ1v) is 7.06. The maximum Gasteiger partial charge on any atom is 0.265 e. The molecule has 0 fully saturated rings. The second kappa shape index (κ2) is 7.22. The number of anilines is 1. The van der Waals surface area contributed by atoms with Crippen LogP contribution in [0, 0.1) is 11.6 Å². The van der Waals surface area contributed by atoms with E-state index in [1.165, 1.54) is 6.07 Å². The van der Waals surface area contributed by atoms with Crippen LogP contribution in [0.2, 0.25) is 5.02 Å². The van der Waals surface area contributed by atoms with Crippen molar-refractivity contribution in [2.75, 3.05) is 5.32 Å². The van der Waals surface area contributed by atoms with Crippen molar-refractivity contribution in [1.82, 2.24) is 0 Å². The highest BCUT2D eigenvalue weighted by atomic mass is 35.5. The number of hydrogen-bond acceptors (Lipinski definition) is 2. The number of ether oxygens (including phenoxy) is 1. The second-order valence-electron chi connectivity index (χ2n) is 4.53. The Morgan fingerprint density at radius 3 is 2.41 bits per heavy atom. The molecule has 3 nitrogen and oxygen atoms in total. The van der Waals surface area contributed by atoms with Crippen molar-refractivity contribution in [1.29, 1.82) is 0 Å². The quantitative estimate of drug-likeness (QED) is 0.884. The van der Waals surface area contributed by atoms with E-state index in [9.17, 15) is 13.6 Å². The van der Waals surface area contributed by atoms with Crippen LogP contribution >= 0.6 is 11.6 Å². The monoisotopic (exact) mass is 325 g/mol. The first kappa shape index (κ1) is 16.2. The molecule has 0 aliphatic heterocycles. The number of hydrogen-bond donors (Lipinski definition) is 1. The number of benzene rings is 2. The molecule has 1 amide bonds. The van der Waals surface area contributed by atoms with Crippen molar-refractivity contribution >= 4 is 23.2 Å². The Kier molecular flexibility index (Phi) is 5.33. The molecule has 0 radical (unpaired) electrons. The average Bonchev–Trinajstić information content (AvgIpc) is 2.50. The molecular weight excluding hydrogens is 312 g/mol. The number of nitrogens with one attached hydrogen (secondary N) is 1. The predicted octanol–water partition coefficient (Wildman–Crippen LogP) is 4.41. The molecule has 0 saturated carbocycles. The van der Waals surface area contributed by atoms with Crippen molar-refractivity contribution in [3.8, 4) is 5.75 Å². The lowest BCUT2D eigenvalue weighted by Gasteiger charge is -2.18. The van der Waals surface area contributed by atoms with Crippen LogP contribution in [0.5, 0.6) is 5.75 Å². The minimum absolute atomic E-state index is 0.313. The number of carbonyl (C=O) groups excluding carboxylic acids is 1. The van der Waals surface area contributed by atoms with Gasteiger partial charge in [-0.25, -0.2) is 8.78 Å². The van der Waals surface area contributed by atoms with Crippen molar-refractivity contribution in [2.45, 2.75) is 19.4 Å². The van der Waals surface area contributed by atoms with Gasteiger partial charge >= 0.3 is 0 Å². The number of rotatable bonds is 5. The molecule has 0 aliphatic carbocycles. The van der Waals surface area contributed by atoms with Gasteiger partial charge in [-0.05, 0) is 30.7 Å². The minimum atomic E-state index is -0.918. The predicted molar refractivity (Wildman–Crippen MR) is 81.1 cm³/mol. The summed E-state index contributed by atoms with van der Waals surface area (Å²) in [4.78, 5) is 12.2. The smallest absolute Gasteiger partial charge is 0.265 e. The van der Waals surface area contributed by atoms with Crippen LogP contribution in [0.1, 0.15) is 13.3 Å². The van der Waals surface area contributed by atoms with Crippen LogP contribution in [0.15, 0.2) is 42.5 Å². The third kappa shape index (κ3) is 3.74. The van der Waals surface area contributed by atoms with Gasteiger partial charge in [0.25, 0.3) is 5.91 Å². The highest BCUT2D eigenvalue weighted by Crippen LogP contribution is 2.25. The van der Waals surface area contributed by atoms with E-state index in [1.807, 2.05) is 0 Å². The van der Waals surface area contributed by atoms with Crippen molar-refractivity contribution in [3.05, 3.63) is 59.1 Å². The van der Waals surface area contributed by atoms with Crippen LogP contribution in [-0.2, 0) is 4.79 Å². The highest BCUT2D eigenvalue weighted by Gasteiger charge is 2.22. The van der Waals surface area contributed by atoms with Crippen LogP contribution in [0.4, 0.5) is 14.5 Å². The van der Waals surface area contributed by atoms with E-state index in [4.69, 9.17) is 16.3 Å². The van der Waals surface area contributed by atoms with Crippen molar-refractivity contribution in [2.24, 2.45) is 0 Å². The Labute approximate surface area is 131 Å². The van der Waals surface area contributed by atoms with Crippen LogP contribution in [0.3, 0.4) is 0 Å². The topological polar surface area (TPSA) is 38.3 Å². The van der Waals surface area contributed by atoms with E-state index < -0.39 is 29.3 Å². The SMILES string of the molecule is CC[C@@H](Oc1ccccc1Cl)C(=O)Nc1c(F)cccc1F. The number of amides is 1. The lowest BCUT2D eigenvalue weighted by Crippen LogP contribution is -2.33. The van der Waals surface area contributed by atoms with Gasteiger partial charge in [0, 0.05) is 0 Å². The van der Waals surface area contributed by atoms with Crippen LogP contribution in [-0.4, -0.2) is 12.0 Å². The van der Waals surface area contributed by atoms with E-state index in [-0.39, 0.29) is 0 Å². The largest absolute Gasteiger partial charge is 0.479 e. The van der Waals surface area contributed by atoms with E-state index in [0.29, 0.717) is 17.2 Å². The fourth-order valence-corrected chi connectivity index (χ4v) is 2.02. The fourth-order valence-electron chi connectivity index (χ4n) is 1.84. The second-order valence-corrected chi connectivity index (χ2v) is 4.94. The molecule has 2 aromatic rings. The maximum absolute atomic E-state index is 13.6. The normalized spacial score (nSPS) is 11.8. The number of carbonyl (C=O) groups is 1. The standard InChI is InChI=1S/C16H14ClF2NO2/c1-2-13(22-14-9-4-3-6-10(14)17)16(21)20-15-11(18)7-5-8-12(15)19/h3-9,13H,2H2,1H3,(H,20,21)/t13-/m1/s1. The average molecular weight is 326 g/mol. The van der Waals surface area contributed by atoms with Gasteiger partial charge in [0.05, 0.1) is 5.02 Å². The Morgan fingerprint density at radius 2 is 1.82 bits per heavy atom. The first-order valence-electron chi connectivity index (χ1n) is 6.69. The van der Waals surface area contributed by atoms with Gasteiger partial charge in [0.2, 0.25) is 0 Å². The zero-order chi connectivity index (χ0) is 16.1. The third-order valence-corrected chi connectivity index (χ3v) is 3.29. The molecule has 0 bridgehead atoms. The summed E-state index contributed by atoms with van der Waals surface area (Å²) in [5.74, 6) is -2.01. The minimum Gasteiger partial charge on any atom is -0.479 e. The Morgan fingerprint density at radius 1 is 1.18 bits per heavy atom. The van der Waals surface area contributed by atoms with E-state index in [0.717, 1.165) is 12.1 Å². The third-order valence-electron chi connectivity index (χ3n) is 2.98. The van der Waals surface area contributed by atoms with Gasteiger partial charge in [-0.2, -0.15) is 0 Å². The molecule has 0 aromatic heterocycles. The number of para-hydroxylation sites is 2. The van der Waals surface area contributed by atoms with Crippen molar-refractivity contribution < 1.29 is 18.3 Å². The highest BCUT2D eigenvalue weighted by molar-refractivity contribution is 6.32. The molecule has 116 valence electrons. The lowest BCUT2D eigenvalue weighted by molar-refractivity contribution is -0.122. The van der Waals surface area contributed by atoms with Gasteiger partial charge in [0.1, 0.15) is 23.1 Å². The van der Waals surface area contributed by atoms with Crippen LogP contribution in [0.25, 0.3) is 0 Å². The van der Waals surface area contributed by atoms with Gasteiger partial charge in [-0.15, -0.1) is 0 Å². The summed E-state index contributed by atoms with van der Waals surface area (Å²) in [6.45, 7) is 1.72. The molecule has 0 heterocycles. The molecule has 22 heavy (non-hydrogen) atoms. The van der Waals surface area contributed by atoms with Crippen molar-refractivity contribution in [3.63, 3.8) is 0 Å². The zero-order valence-electron chi connectivity index (χ0n) is 11.8. The summed E-state index contributed by atoms with van der Waals surface area (Å²) >= 11 is 5.96. The van der Waals surface area contributed by atoms with Gasteiger partial charge in [0.15, 0.2) is 6.10 Å². The summed E-state index contributed by atoms with van der Waals surface area (Å²) in [5, 5.41) is 2.56.